The van der Waals surface area contributed by atoms with Crippen LogP contribution in [0.25, 0.3) is 0 Å². The van der Waals surface area contributed by atoms with E-state index in [2.05, 4.69) is 10.4 Å². The van der Waals surface area contributed by atoms with E-state index in [9.17, 15) is 9.59 Å². The molecule has 2 amide bonds. The fraction of sp³-hybridized carbons (Fsp3) is 0.227. The van der Waals surface area contributed by atoms with Crippen LogP contribution in [0.15, 0.2) is 48.5 Å². The lowest BCUT2D eigenvalue weighted by Gasteiger charge is -2.27. The predicted molar refractivity (Wildman–Crippen MR) is 115 cm³/mol. The number of aryl methyl sites for hydroxylation is 2. The number of nitrogens with one attached hydrogen (secondary N) is 1. The minimum Gasteiger partial charge on any atom is -0.495 e. The second kappa shape index (κ2) is 8.20. The summed E-state index contributed by atoms with van der Waals surface area (Å²) >= 11 is 6.11. The number of carbonyl (C=O) groups excluding carboxylic acids is 2. The summed E-state index contributed by atoms with van der Waals surface area (Å²) in [6.45, 7) is 2.95. The topological polar surface area (TPSA) is 76.5 Å². The summed E-state index contributed by atoms with van der Waals surface area (Å²) in [6.07, 6.45) is 0.430. The van der Waals surface area contributed by atoms with Crippen LogP contribution < -0.4 is 15.0 Å². The summed E-state index contributed by atoms with van der Waals surface area (Å²) < 4.78 is 6.98. The van der Waals surface area contributed by atoms with Crippen LogP contribution in [0.3, 0.4) is 0 Å². The molecule has 1 aliphatic heterocycles. The Morgan fingerprint density at radius 2 is 1.97 bits per heavy atom. The van der Waals surface area contributed by atoms with E-state index in [1.54, 1.807) is 35.2 Å². The lowest BCUT2D eigenvalue weighted by Crippen LogP contribution is -2.36. The lowest BCUT2D eigenvalue weighted by atomic mass is 10.1. The van der Waals surface area contributed by atoms with Crippen molar-refractivity contribution in [1.29, 1.82) is 0 Å². The monoisotopic (exact) mass is 424 g/mol. The number of aromatic nitrogens is 2. The van der Waals surface area contributed by atoms with Gasteiger partial charge in [-0.2, -0.15) is 5.10 Å². The van der Waals surface area contributed by atoms with Crippen molar-refractivity contribution >= 4 is 34.9 Å². The number of fused-ring (bicyclic) bond motifs is 1. The van der Waals surface area contributed by atoms with Gasteiger partial charge in [-0.3, -0.25) is 14.5 Å². The Morgan fingerprint density at radius 1 is 1.20 bits per heavy atom. The highest BCUT2D eigenvalue weighted by molar-refractivity contribution is 6.32. The van der Waals surface area contributed by atoms with Gasteiger partial charge in [0, 0.05) is 23.7 Å². The van der Waals surface area contributed by atoms with Crippen LogP contribution in [0.2, 0.25) is 5.02 Å². The Bertz CT molecular complexity index is 1110. The van der Waals surface area contributed by atoms with Crippen molar-refractivity contribution in [1.82, 2.24) is 9.78 Å². The average Bonchev–Trinajstić information content (AvgIpc) is 3.11. The molecule has 1 N–H and O–H groups in total. The quantitative estimate of drug-likeness (QED) is 0.670. The maximum atomic E-state index is 12.5. The van der Waals surface area contributed by atoms with Crippen LogP contribution in [-0.2, 0) is 17.9 Å². The Hall–Kier alpha value is -3.32. The zero-order valence-electron chi connectivity index (χ0n) is 16.7. The van der Waals surface area contributed by atoms with Crippen molar-refractivity contribution in [2.24, 2.45) is 0 Å². The van der Waals surface area contributed by atoms with Crippen molar-refractivity contribution in [3.8, 4) is 5.75 Å². The highest BCUT2D eigenvalue weighted by Crippen LogP contribution is 2.28. The molecule has 0 radical (unpaired) electrons. The number of ether oxygens (including phenoxy) is 1. The van der Waals surface area contributed by atoms with Crippen molar-refractivity contribution < 1.29 is 14.3 Å². The molecule has 2 aromatic carbocycles. The summed E-state index contributed by atoms with van der Waals surface area (Å²) in [6, 6.07) is 14.2. The SMILES string of the molecule is COc1ccc(NC(=O)c2ccc(CN3C(=O)CCn4nc(C)cc43)cc2)cc1Cl. The minimum absolute atomic E-state index is 0.0700. The molecule has 0 bridgehead atoms. The highest BCUT2D eigenvalue weighted by Gasteiger charge is 2.25. The van der Waals surface area contributed by atoms with Crippen LogP contribution in [0.5, 0.6) is 5.75 Å². The first-order chi connectivity index (χ1) is 14.4. The van der Waals surface area contributed by atoms with Gasteiger partial charge in [0.05, 0.1) is 30.9 Å². The maximum absolute atomic E-state index is 12.5. The van der Waals surface area contributed by atoms with Gasteiger partial charge in [0.1, 0.15) is 11.6 Å². The van der Waals surface area contributed by atoms with Crippen molar-refractivity contribution in [3.63, 3.8) is 0 Å². The van der Waals surface area contributed by atoms with Crippen LogP contribution in [0.4, 0.5) is 11.5 Å². The molecule has 30 heavy (non-hydrogen) atoms. The Morgan fingerprint density at radius 3 is 2.67 bits per heavy atom. The molecule has 0 atom stereocenters. The average molecular weight is 425 g/mol. The first-order valence-electron chi connectivity index (χ1n) is 9.53. The zero-order valence-corrected chi connectivity index (χ0v) is 17.4. The normalized spacial score (nSPS) is 13.2. The van der Waals surface area contributed by atoms with Crippen LogP contribution >= 0.6 is 11.6 Å². The number of rotatable bonds is 5. The second-order valence-electron chi connectivity index (χ2n) is 7.10. The Kier molecular flexibility index (Phi) is 5.46. The van der Waals surface area contributed by atoms with Gasteiger partial charge < -0.3 is 10.1 Å². The largest absolute Gasteiger partial charge is 0.495 e. The van der Waals surface area contributed by atoms with Crippen LogP contribution in [0.1, 0.15) is 28.0 Å². The molecule has 1 aromatic heterocycles. The molecule has 0 saturated carbocycles. The van der Waals surface area contributed by atoms with E-state index < -0.39 is 0 Å². The van der Waals surface area contributed by atoms with E-state index in [4.69, 9.17) is 16.3 Å². The number of hydrogen-bond acceptors (Lipinski definition) is 4. The predicted octanol–water partition coefficient (Wildman–Crippen LogP) is 4.04. The molecule has 0 spiro atoms. The minimum atomic E-state index is -0.245. The second-order valence-corrected chi connectivity index (χ2v) is 7.50. The third kappa shape index (κ3) is 4.02. The summed E-state index contributed by atoms with van der Waals surface area (Å²) in [5.74, 6) is 1.18. The molecule has 7 nitrogen and oxygen atoms in total. The third-order valence-corrected chi connectivity index (χ3v) is 5.26. The fourth-order valence-electron chi connectivity index (χ4n) is 3.44. The number of methoxy groups -OCH3 is 1. The van der Waals surface area contributed by atoms with Gasteiger partial charge in [-0.1, -0.05) is 23.7 Å². The Labute approximate surface area is 179 Å². The van der Waals surface area contributed by atoms with E-state index >= 15 is 0 Å². The number of halogens is 1. The molecule has 4 rings (SSSR count). The van der Waals surface area contributed by atoms with E-state index in [0.717, 1.165) is 17.1 Å². The summed E-state index contributed by atoms with van der Waals surface area (Å²) in [5, 5.41) is 7.67. The van der Waals surface area contributed by atoms with Gasteiger partial charge in [-0.15, -0.1) is 0 Å². The standard InChI is InChI=1S/C22H21ClN4O3/c1-14-11-20-26(21(28)9-10-27(20)25-14)13-15-3-5-16(6-4-15)22(29)24-17-7-8-19(30-2)18(23)12-17/h3-8,11-12H,9-10,13H2,1-2H3,(H,24,29). The molecule has 2 heterocycles. The van der Waals surface area contributed by atoms with Gasteiger partial charge in [0.25, 0.3) is 5.91 Å². The molecule has 3 aromatic rings. The summed E-state index contributed by atoms with van der Waals surface area (Å²) in [5.41, 5.74) is 2.91. The Balaban J connectivity index is 1.46. The molecule has 0 unspecified atom stereocenters. The first-order valence-corrected chi connectivity index (χ1v) is 9.91. The van der Waals surface area contributed by atoms with Crippen molar-refractivity contribution in [3.05, 3.63) is 70.4 Å². The molecule has 0 fully saturated rings. The van der Waals surface area contributed by atoms with Gasteiger partial charge >= 0.3 is 0 Å². The van der Waals surface area contributed by atoms with Crippen molar-refractivity contribution in [2.75, 3.05) is 17.3 Å². The third-order valence-electron chi connectivity index (χ3n) is 4.96. The number of hydrogen-bond donors (Lipinski definition) is 1. The van der Waals surface area contributed by atoms with Gasteiger partial charge in [-0.25, -0.2) is 4.68 Å². The smallest absolute Gasteiger partial charge is 0.255 e. The number of nitrogens with zero attached hydrogens (tertiary/aromatic N) is 3. The van der Waals surface area contributed by atoms with Crippen LogP contribution in [0, 0.1) is 6.92 Å². The molecule has 0 saturated heterocycles. The molecule has 8 heteroatoms. The first kappa shape index (κ1) is 20.0. The van der Waals surface area contributed by atoms with Crippen molar-refractivity contribution in [2.45, 2.75) is 26.4 Å². The lowest BCUT2D eigenvalue weighted by molar-refractivity contribution is -0.119. The summed E-state index contributed by atoms with van der Waals surface area (Å²) in [4.78, 5) is 26.7. The number of benzene rings is 2. The molecule has 0 aliphatic carbocycles. The van der Waals surface area contributed by atoms with E-state index in [0.29, 0.717) is 41.5 Å². The highest BCUT2D eigenvalue weighted by atomic mass is 35.5. The van der Waals surface area contributed by atoms with E-state index in [-0.39, 0.29) is 11.8 Å². The number of carbonyl (C=O) groups is 2. The molecular formula is C22H21ClN4O3. The zero-order chi connectivity index (χ0) is 21.3. The fourth-order valence-corrected chi connectivity index (χ4v) is 3.70. The van der Waals surface area contributed by atoms with Gasteiger partial charge in [0.2, 0.25) is 5.91 Å². The van der Waals surface area contributed by atoms with Crippen LogP contribution in [-0.4, -0.2) is 28.7 Å². The summed E-state index contributed by atoms with van der Waals surface area (Å²) in [7, 11) is 1.54. The molecule has 1 aliphatic rings. The maximum Gasteiger partial charge on any atom is 0.255 e. The molecule has 154 valence electrons. The van der Waals surface area contributed by atoms with Gasteiger partial charge in [0.15, 0.2) is 0 Å². The molecular weight excluding hydrogens is 404 g/mol. The number of anilines is 2. The van der Waals surface area contributed by atoms with E-state index in [1.165, 1.54) is 7.11 Å². The van der Waals surface area contributed by atoms with Gasteiger partial charge in [-0.05, 0) is 42.8 Å². The van der Waals surface area contributed by atoms with E-state index in [1.807, 2.05) is 29.8 Å². The number of amides is 2.